The molecule has 6 heteroatoms. The molecule has 0 radical (unpaired) electrons. The molecule has 0 spiro atoms. The molecule has 28 heavy (non-hydrogen) atoms. The number of piperazine rings is 1. The molecule has 1 aliphatic heterocycles. The van der Waals surface area contributed by atoms with E-state index in [2.05, 4.69) is 27.2 Å². The predicted molar refractivity (Wildman–Crippen MR) is 109 cm³/mol. The Kier molecular flexibility index (Phi) is 5.20. The second kappa shape index (κ2) is 7.78. The second-order valence-corrected chi connectivity index (χ2v) is 7.86. The number of carbonyl (C=O) groups excluding carboxylic acids is 1. The predicted octanol–water partition coefficient (Wildman–Crippen LogP) is 3.09. The molecule has 2 heterocycles. The fourth-order valence-corrected chi connectivity index (χ4v) is 3.61. The molecule has 1 amide bonds. The maximum Gasteiger partial charge on any atom is 0.263 e. The zero-order valence-corrected chi connectivity index (χ0v) is 16.9. The minimum absolute atomic E-state index is 0.0377. The summed E-state index contributed by atoms with van der Waals surface area (Å²) < 4.78 is 5.97. The number of benzene rings is 1. The first-order chi connectivity index (χ1) is 13.5. The van der Waals surface area contributed by atoms with Gasteiger partial charge in [-0.15, -0.1) is 5.10 Å². The Morgan fingerprint density at radius 3 is 2.46 bits per heavy atom. The molecule has 1 aliphatic carbocycles. The second-order valence-electron chi connectivity index (χ2n) is 7.86. The summed E-state index contributed by atoms with van der Waals surface area (Å²) in [6, 6.07) is 10.1. The fraction of sp³-hybridized carbons (Fsp3) is 0.500. The van der Waals surface area contributed by atoms with Gasteiger partial charge in [0.2, 0.25) is 0 Å². The van der Waals surface area contributed by atoms with E-state index < -0.39 is 6.10 Å². The van der Waals surface area contributed by atoms with Gasteiger partial charge in [0.25, 0.3) is 5.91 Å². The lowest BCUT2D eigenvalue weighted by Crippen LogP contribution is -2.52. The molecule has 1 saturated carbocycles. The van der Waals surface area contributed by atoms with Gasteiger partial charge in [0, 0.05) is 32.1 Å². The van der Waals surface area contributed by atoms with Crippen LogP contribution in [0.5, 0.6) is 5.75 Å². The molecular weight excluding hydrogens is 352 g/mol. The summed E-state index contributed by atoms with van der Waals surface area (Å²) >= 11 is 0. The lowest BCUT2D eigenvalue weighted by atomic mass is 10.1. The quantitative estimate of drug-likeness (QED) is 0.798. The minimum Gasteiger partial charge on any atom is -0.481 e. The summed E-state index contributed by atoms with van der Waals surface area (Å²) in [6.45, 7) is 8.78. The number of hydrogen-bond acceptors (Lipinski definition) is 5. The van der Waals surface area contributed by atoms with Crippen LogP contribution < -0.4 is 9.64 Å². The highest BCUT2D eigenvalue weighted by Crippen LogP contribution is 2.38. The van der Waals surface area contributed by atoms with Gasteiger partial charge in [0.05, 0.1) is 5.69 Å². The Hall–Kier alpha value is -2.63. The van der Waals surface area contributed by atoms with Crippen LogP contribution in [0.15, 0.2) is 30.3 Å². The first-order valence-corrected chi connectivity index (χ1v) is 10.1. The van der Waals surface area contributed by atoms with Crippen LogP contribution in [0.3, 0.4) is 0 Å². The third-order valence-corrected chi connectivity index (χ3v) is 5.79. The van der Waals surface area contributed by atoms with Gasteiger partial charge in [-0.05, 0) is 62.9 Å². The number of nitrogens with zero attached hydrogens (tertiary/aromatic N) is 4. The largest absolute Gasteiger partial charge is 0.481 e. The van der Waals surface area contributed by atoms with Crippen molar-refractivity contribution in [3.05, 3.63) is 47.2 Å². The number of ether oxygens (including phenoxy) is 1. The first kappa shape index (κ1) is 18.7. The van der Waals surface area contributed by atoms with Crippen molar-refractivity contribution in [2.24, 2.45) is 0 Å². The number of amides is 1. The van der Waals surface area contributed by atoms with E-state index in [1.165, 1.54) is 18.4 Å². The fourth-order valence-electron chi connectivity index (χ4n) is 3.61. The summed E-state index contributed by atoms with van der Waals surface area (Å²) in [7, 11) is 0. The molecule has 2 fully saturated rings. The molecule has 2 aliphatic rings. The lowest BCUT2D eigenvalue weighted by molar-refractivity contribution is -0.138. The van der Waals surface area contributed by atoms with E-state index in [-0.39, 0.29) is 5.91 Å². The highest BCUT2D eigenvalue weighted by atomic mass is 16.5. The summed E-state index contributed by atoms with van der Waals surface area (Å²) in [5, 5.41) is 8.76. The molecule has 148 valence electrons. The number of anilines is 1. The van der Waals surface area contributed by atoms with Crippen LogP contribution in [0, 0.1) is 13.8 Å². The van der Waals surface area contributed by atoms with Crippen molar-refractivity contribution in [1.29, 1.82) is 0 Å². The zero-order valence-electron chi connectivity index (χ0n) is 16.9. The van der Waals surface area contributed by atoms with E-state index in [9.17, 15) is 4.79 Å². The normalized spacial score (nSPS) is 18.1. The van der Waals surface area contributed by atoms with Crippen LogP contribution in [0.25, 0.3) is 0 Å². The molecule has 1 atom stereocenters. The van der Waals surface area contributed by atoms with Gasteiger partial charge in [-0.2, -0.15) is 5.10 Å². The third kappa shape index (κ3) is 3.96. The summed E-state index contributed by atoms with van der Waals surface area (Å²) in [5.74, 6) is 2.34. The highest BCUT2D eigenvalue weighted by molar-refractivity contribution is 5.81. The monoisotopic (exact) mass is 380 g/mol. The van der Waals surface area contributed by atoms with Crippen molar-refractivity contribution in [1.82, 2.24) is 15.1 Å². The maximum absolute atomic E-state index is 12.8. The molecule has 0 unspecified atom stereocenters. The smallest absolute Gasteiger partial charge is 0.263 e. The van der Waals surface area contributed by atoms with Crippen LogP contribution in [-0.2, 0) is 4.79 Å². The van der Waals surface area contributed by atoms with E-state index in [4.69, 9.17) is 4.74 Å². The number of aryl methyl sites for hydroxylation is 1. The zero-order chi connectivity index (χ0) is 19.7. The SMILES string of the molecule is Cc1cccc(O[C@H](C)C(=O)N2CCN(c3ccc(C4CC4)nn3)CC2)c1C. The summed E-state index contributed by atoms with van der Waals surface area (Å²) in [5.41, 5.74) is 3.36. The molecule has 1 aromatic heterocycles. The van der Waals surface area contributed by atoms with Gasteiger partial charge >= 0.3 is 0 Å². The standard InChI is InChI=1S/C22H28N4O2/c1-15-5-4-6-20(16(15)2)28-17(3)22(27)26-13-11-25(12-14-26)21-10-9-19(23-24-21)18-7-8-18/h4-6,9-10,17-18H,7-8,11-14H2,1-3H3/t17-/m1/s1. The molecule has 4 rings (SSSR count). The molecule has 1 saturated heterocycles. The van der Waals surface area contributed by atoms with Crippen molar-refractivity contribution in [2.75, 3.05) is 31.1 Å². The lowest BCUT2D eigenvalue weighted by Gasteiger charge is -2.36. The van der Waals surface area contributed by atoms with Crippen molar-refractivity contribution >= 4 is 11.7 Å². The molecule has 0 N–H and O–H groups in total. The number of rotatable bonds is 5. The maximum atomic E-state index is 12.8. The van der Waals surface area contributed by atoms with Crippen LogP contribution in [-0.4, -0.2) is 53.3 Å². The first-order valence-electron chi connectivity index (χ1n) is 10.1. The summed E-state index contributed by atoms with van der Waals surface area (Å²) in [4.78, 5) is 16.9. The van der Waals surface area contributed by atoms with Gasteiger partial charge in [0.15, 0.2) is 11.9 Å². The average Bonchev–Trinajstić information content (AvgIpc) is 3.56. The van der Waals surface area contributed by atoms with E-state index >= 15 is 0 Å². The molecular formula is C22H28N4O2. The molecule has 1 aromatic carbocycles. The number of hydrogen-bond donors (Lipinski definition) is 0. The van der Waals surface area contributed by atoms with Crippen molar-refractivity contribution in [2.45, 2.75) is 45.6 Å². The van der Waals surface area contributed by atoms with Crippen molar-refractivity contribution < 1.29 is 9.53 Å². The Bertz CT molecular complexity index is 840. The number of aromatic nitrogens is 2. The summed E-state index contributed by atoms with van der Waals surface area (Å²) in [6.07, 6.45) is 1.97. The number of carbonyl (C=O) groups is 1. The average molecular weight is 380 g/mol. The van der Waals surface area contributed by atoms with E-state index in [1.807, 2.05) is 43.9 Å². The minimum atomic E-state index is -0.496. The Morgan fingerprint density at radius 2 is 1.82 bits per heavy atom. The Labute approximate surface area is 166 Å². The topological polar surface area (TPSA) is 58.6 Å². The van der Waals surface area contributed by atoms with E-state index in [0.717, 1.165) is 35.9 Å². The Morgan fingerprint density at radius 1 is 1.07 bits per heavy atom. The van der Waals surface area contributed by atoms with Gasteiger partial charge in [-0.1, -0.05) is 12.1 Å². The van der Waals surface area contributed by atoms with Gasteiger partial charge < -0.3 is 14.5 Å². The van der Waals surface area contributed by atoms with Crippen LogP contribution in [0.1, 0.15) is 42.5 Å². The van der Waals surface area contributed by atoms with Crippen molar-refractivity contribution in [3.63, 3.8) is 0 Å². The van der Waals surface area contributed by atoms with Crippen LogP contribution >= 0.6 is 0 Å². The van der Waals surface area contributed by atoms with E-state index in [1.54, 1.807) is 0 Å². The molecule has 2 aromatic rings. The third-order valence-electron chi connectivity index (χ3n) is 5.79. The highest BCUT2D eigenvalue weighted by Gasteiger charge is 2.28. The van der Waals surface area contributed by atoms with Crippen molar-refractivity contribution in [3.8, 4) is 5.75 Å². The Balaban J connectivity index is 1.32. The van der Waals surface area contributed by atoms with E-state index in [0.29, 0.717) is 19.0 Å². The van der Waals surface area contributed by atoms with Gasteiger partial charge in [-0.25, -0.2) is 0 Å². The molecule has 0 bridgehead atoms. The van der Waals surface area contributed by atoms with Gasteiger partial charge in [0.1, 0.15) is 5.75 Å². The van der Waals surface area contributed by atoms with Crippen LogP contribution in [0.4, 0.5) is 5.82 Å². The molecule has 6 nitrogen and oxygen atoms in total. The van der Waals surface area contributed by atoms with Gasteiger partial charge in [-0.3, -0.25) is 4.79 Å². The van der Waals surface area contributed by atoms with Crippen LogP contribution in [0.2, 0.25) is 0 Å².